The second-order valence-electron chi connectivity index (χ2n) is 5.64. The molecule has 1 unspecified atom stereocenters. The van der Waals surface area contributed by atoms with Gasteiger partial charge in [-0.3, -0.25) is 4.79 Å². The molecular weight excluding hydrogens is 246 g/mol. The van der Waals surface area contributed by atoms with Crippen molar-refractivity contribution in [1.29, 1.82) is 0 Å². The van der Waals surface area contributed by atoms with E-state index >= 15 is 0 Å². The zero-order chi connectivity index (χ0) is 15.1. The lowest BCUT2D eigenvalue weighted by atomic mass is 10.0. The molecule has 0 radical (unpaired) electrons. The molecule has 0 aromatic rings. The van der Waals surface area contributed by atoms with E-state index in [4.69, 9.17) is 5.11 Å². The maximum atomic E-state index is 11.6. The van der Waals surface area contributed by atoms with Crippen LogP contribution in [0.2, 0.25) is 0 Å². The second kappa shape index (κ2) is 7.99. The summed E-state index contributed by atoms with van der Waals surface area (Å²) in [7, 11) is 3.92. The lowest BCUT2D eigenvalue weighted by molar-refractivity contribution is -0.138. The van der Waals surface area contributed by atoms with Gasteiger partial charge in [-0.15, -0.1) is 0 Å². The Morgan fingerprint density at radius 2 is 1.84 bits per heavy atom. The minimum absolute atomic E-state index is 0.0230. The van der Waals surface area contributed by atoms with Gasteiger partial charge < -0.3 is 20.6 Å². The summed E-state index contributed by atoms with van der Waals surface area (Å²) in [5.74, 6) is -0.854. The summed E-state index contributed by atoms with van der Waals surface area (Å²) in [5, 5.41) is 14.2. The summed E-state index contributed by atoms with van der Waals surface area (Å²) in [5.41, 5.74) is -0.122. The van der Waals surface area contributed by atoms with Crippen molar-refractivity contribution in [2.24, 2.45) is 5.92 Å². The quantitative estimate of drug-likeness (QED) is 0.619. The fraction of sp³-hybridized carbons (Fsp3) is 0.846. The first-order valence-electron chi connectivity index (χ1n) is 6.60. The third-order valence-corrected chi connectivity index (χ3v) is 3.48. The number of carboxylic acids is 1. The van der Waals surface area contributed by atoms with Crippen molar-refractivity contribution in [3.63, 3.8) is 0 Å². The highest BCUT2D eigenvalue weighted by Crippen LogP contribution is 2.08. The van der Waals surface area contributed by atoms with Crippen molar-refractivity contribution in [1.82, 2.24) is 15.5 Å². The number of nitrogens with zero attached hydrogens (tertiary/aromatic N) is 1. The molecule has 1 atom stereocenters. The molecule has 3 N–H and O–H groups in total. The van der Waals surface area contributed by atoms with Crippen LogP contribution in [0.4, 0.5) is 4.79 Å². The fourth-order valence-corrected chi connectivity index (χ4v) is 1.36. The molecule has 0 saturated carbocycles. The average Bonchev–Trinajstić information content (AvgIpc) is 2.31. The third-order valence-electron chi connectivity index (χ3n) is 3.48. The standard InChI is InChI=1S/C13H27N3O3/c1-6-10(7-11(17)18)8-14-12(19)15-9-13(2,3)16(4)5/h10H,6-9H2,1-5H3,(H,17,18)(H2,14,15,19). The van der Waals surface area contributed by atoms with Crippen LogP contribution < -0.4 is 10.6 Å². The van der Waals surface area contributed by atoms with Crippen molar-refractivity contribution >= 4 is 12.0 Å². The molecule has 0 aliphatic heterocycles. The second-order valence-corrected chi connectivity index (χ2v) is 5.64. The Balaban J connectivity index is 4.02. The Labute approximate surface area is 115 Å². The van der Waals surface area contributed by atoms with Crippen LogP contribution in [-0.4, -0.2) is 54.7 Å². The van der Waals surface area contributed by atoms with Gasteiger partial charge in [-0.1, -0.05) is 13.3 Å². The Morgan fingerprint density at radius 3 is 2.26 bits per heavy atom. The van der Waals surface area contributed by atoms with Crippen LogP contribution in [0.25, 0.3) is 0 Å². The molecule has 0 aliphatic carbocycles. The van der Waals surface area contributed by atoms with Gasteiger partial charge in [0.2, 0.25) is 0 Å². The summed E-state index contributed by atoms with van der Waals surface area (Å²) in [4.78, 5) is 24.3. The minimum Gasteiger partial charge on any atom is -0.481 e. The Hall–Kier alpha value is -1.30. The topological polar surface area (TPSA) is 81.7 Å². The summed E-state index contributed by atoms with van der Waals surface area (Å²) in [6, 6.07) is -0.251. The predicted molar refractivity (Wildman–Crippen MR) is 75.2 cm³/mol. The number of hydrogen-bond acceptors (Lipinski definition) is 3. The van der Waals surface area contributed by atoms with Crippen LogP contribution in [0.5, 0.6) is 0 Å². The number of carbonyl (C=O) groups is 2. The molecule has 2 amide bonds. The third kappa shape index (κ3) is 7.66. The van der Waals surface area contributed by atoms with Crippen molar-refractivity contribution in [3.8, 4) is 0 Å². The number of hydrogen-bond donors (Lipinski definition) is 3. The summed E-state index contributed by atoms with van der Waals surface area (Å²) in [6.07, 6.45) is 0.815. The number of aliphatic carboxylic acids is 1. The molecule has 0 aromatic heterocycles. The lowest BCUT2D eigenvalue weighted by Crippen LogP contribution is -2.50. The molecule has 0 bridgehead atoms. The molecule has 0 spiro atoms. The van der Waals surface area contributed by atoms with Gasteiger partial charge in [0.25, 0.3) is 0 Å². The van der Waals surface area contributed by atoms with E-state index in [-0.39, 0.29) is 23.9 Å². The highest BCUT2D eigenvalue weighted by Gasteiger charge is 2.21. The largest absolute Gasteiger partial charge is 0.481 e. The monoisotopic (exact) mass is 273 g/mol. The van der Waals surface area contributed by atoms with Gasteiger partial charge >= 0.3 is 12.0 Å². The molecule has 0 fully saturated rings. The smallest absolute Gasteiger partial charge is 0.314 e. The molecular formula is C13H27N3O3. The van der Waals surface area contributed by atoms with E-state index in [9.17, 15) is 9.59 Å². The van der Waals surface area contributed by atoms with Crippen LogP contribution in [-0.2, 0) is 4.79 Å². The van der Waals surface area contributed by atoms with E-state index in [1.807, 2.05) is 39.8 Å². The van der Waals surface area contributed by atoms with Crippen LogP contribution in [0, 0.1) is 5.92 Å². The van der Waals surface area contributed by atoms with Gasteiger partial charge in [-0.25, -0.2) is 4.79 Å². The van der Waals surface area contributed by atoms with Crippen LogP contribution in [0.1, 0.15) is 33.6 Å². The molecule has 0 aliphatic rings. The normalized spacial score (nSPS) is 13.2. The van der Waals surface area contributed by atoms with E-state index in [1.165, 1.54) is 0 Å². The summed E-state index contributed by atoms with van der Waals surface area (Å²) < 4.78 is 0. The van der Waals surface area contributed by atoms with E-state index < -0.39 is 5.97 Å². The Kier molecular flexibility index (Phi) is 7.44. The number of carboxylic acid groups (broad SMARTS) is 1. The van der Waals surface area contributed by atoms with Crippen molar-refractivity contribution < 1.29 is 14.7 Å². The van der Waals surface area contributed by atoms with E-state index in [0.29, 0.717) is 13.1 Å². The first-order chi connectivity index (χ1) is 8.69. The minimum atomic E-state index is -0.831. The maximum Gasteiger partial charge on any atom is 0.314 e. The molecule has 0 heterocycles. The van der Waals surface area contributed by atoms with Crippen molar-refractivity contribution in [3.05, 3.63) is 0 Å². The number of likely N-dealkylation sites (N-methyl/N-ethyl adjacent to an activating group) is 1. The number of rotatable bonds is 8. The van der Waals surface area contributed by atoms with Gasteiger partial charge in [-0.2, -0.15) is 0 Å². The maximum absolute atomic E-state index is 11.6. The van der Waals surface area contributed by atoms with Crippen LogP contribution >= 0.6 is 0 Å². The van der Waals surface area contributed by atoms with Gasteiger partial charge in [0.05, 0.1) is 0 Å². The molecule has 6 nitrogen and oxygen atoms in total. The molecule has 6 heteroatoms. The number of carbonyl (C=O) groups excluding carboxylic acids is 1. The van der Waals surface area contributed by atoms with E-state index in [0.717, 1.165) is 6.42 Å². The van der Waals surface area contributed by atoms with Crippen molar-refractivity contribution in [2.45, 2.75) is 39.2 Å². The van der Waals surface area contributed by atoms with Crippen LogP contribution in [0.3, 0.4) is 0 Å². The van der Waals surface area contributed by atoms with Crippen molar-refractivity contribution in [2.75, 3.05) is 27.2 Å². The first-order valence-corrected chi connectivity index (χ1v) is 6.60. The molecule has 0 aromatic carbocycles. The SMILES string of the molecule is CCC(CNC(=O)NCC(C)(C)N(C)C)CC(=O)O. The fourth-order valence-electron chi connectivity index (χ4n) is 1.36. The van der Waals surface area contributed by atoms with Gasteiger partial charge in [0.1, 0.15) is 0 Å². The predicted octanol–water partition coefficient (Wildman–Crippen LogP) is 1.13. The highest BCUT2D eigenvalue weighted by atomic mass is 16.4. The number of urea groups is 1. The average molecular weight is 273 g/mol. The Bertz CT molecular complexity index is 304. The molecule has 0 saturated heterocycles. The Morgan fingerprint density at radius 1 is 1.26 bits per heavy atom. The highest BCUT2D eigenvalue weighted by molar-refractivity contribution is 5.74. The van der Waals surface area contributed by atoms with Gasteiger partial charge in [0, 0.05) is 25.0 Å². The van der Waals surface area contributed by atoms with E-state index in [1.54, 1.807) is 0 Å². The first kappa shape index (κ1) is 17.7. The summed E-state index contributed by atoms with van der Waals surface area (Å²) >= 11 is 0. The number of nitrogens with one attached hydrogen (secondary N) is 2. The number of amides is 2. The lowest BCUT2D eigenvalue weighted by Gasteiger charge is -2.32. The van der Waals surface area contributed by atoms with Gasteiger partial charge in [0.15, 0.2) is 0 Å². The molecule has 19 heavy (non-hydrogen) atoms. The zero-order valence-corrected chi connectivity index (χ0v) is 12.6. The summed E-state index contributed by atoms with van der Waals surface area (Å²) in [6.45, 7) is 6.90. The van der Waals surface area contributed by atoms with Gasteiger partial charge in [-0.05, 0) is 33.9 Å². The zero-order valence-electron chi connectivity index (χ0n) is 12.6. The molecule has 112 valence electrons. The van der Waals surface area contributed by atoms with Crippen LogP contribution in [0.15, 0.2) is 0 Å². The van der Waals surface area contributed by atoms with E-state index in [2.05, 4.69) is 10.6 Å². The molecule has 0 rings (SSSR count).